The molecule has 0 radical (unpaired) electrons. The zero-order valence-corrected chi connectivity index (χ0v) is 10.7. The van der Waals surface area contributed by atoms with E-state index in [1.54, 1.807) is 6.92 Å². The summed E-state index contributed by atoms with van der Waals surface area (Å²) in [5.74, 6) is -0.974. The molecule has 8 nitrogen and oxygen atoms in total. The van der Waals surface area contributed by atoms with Gasteiger partial charge in [-0.3, -0.25) is 4.79 Å². The molecule has 0 aliphatic rings. The van der Waals surface area contributed by atoms with Crippen LogP contribution in [0.3, 0.4) is 0 Å². The Morgan fingerprint density at radius 2 is 2.16 bits per heavy atom. The molecule has 0 aromatic carbocycles. The van der Waals surface area contributed by atoms with E-state index in [0.29, 0.717) is 5.69 Å². The fourth-order valence-corrected chi connectivity index (χ4v) is 1.57. The van der Waals surface area contributed by atoms with Crippen molar-refractivity contribution < 1.29 is 9.90 Å². The van der Waals surface area contributed by atoms with Gasteiger partial charge in [0.15, 0.2) is 16.8 Å². The first-order valence-electron chi connectivity index (χ1n) is 5.56. The minimum Gasteiger partial charge on any atom is -0.479 e. The minimum atomic E-state index is -1.35. The van der Waals surface area contributed by atoms with E-state index in [-0.39, 0.29) is 16.8 Å². The highest BCUT2D eigenvalue weighted by atomic mass is 16.4. The molecule has 0 aliphatic heterocycles. The maximum atomic E-state index is 11.9. The first-order valence-corrected chi connectivity index (χ1v) is 5.56. The number of nitrogens with zero attached hydrogens (tertiary/aromatic N) is 4. The number of rotatable bonds is 3. The molecular weight excluding hydrogens is 250 g/mol. The zero-order chi connectivity index (χ0) is 14.2. The van der Waals surface area contributed by atoms with Crippen molar-refractivity contribution in [2.75, 3.05) is 0 Å². The van der Waals surface area contributed by atoms with Crippen molar-refractivity contribution in [1.82, 2.24) is 25.2 Å². The second kappa shape index (κ2) is 4.30. The molecule has 2 aromatic heterocycles. The maximum Gasteiger partial charge on any atom is 0.331 e. The molecule has 0 spiro atoms. The van der Waals surface area contributed by atoms with Gasteiger partial charge in [0.05, 0.1) is 5.56 Å². The van der Waals surface area contributed by atoms with Crippen LogP contribution in [0.25, 0.3) is 11.4 Å². The van der Waals surface area contributed by atoms with Crippen molar-refractivity contribution in [2.45, 2.75) is 26.3 Å². The summed E-state index contributed by atoms with van der Waals surface area (Å²) in [6.45, 7) is 4.66. The van der Waals surface area contributed by atoms with Crippen LogP contribution in [-0.2, 0) is 10.3 Å². The van der Waals surface area contributed by atoms with Crippen molar-refractivity contribution >= 4 is 5.97 Å². The fraction of sp³-hybridized carbons (Fsp3) is 0.364. The molecule has 2 rings (SSSR count). The summed E-state index contributed by atoms with van der Waals surface area (Å²) >= 11 is 0. The fourth-order valence-electron chi connectivity index (χ4n) is 1.57. The Morgan fingerprint density at radius 3 is 2.74 bits per heavy atom. The lowest BCUT2D eigenvalue weighted by atomic mass is 10.1. The quantitative estimate of drug-likeness (QED) is 0.815. The van der Waals surface area contributed by atoms with Gasteiger partial charge in [-0.2, -0.15) is 0 Å². The lowest BCUT2D eigenvalue weighted by Crippen LogP contribution is -2.37. The normalized spacial score (nSPS) is 11.5. The highest BCUT2D eigenvalue weighted by molar-refractivity contribution is 5.76. The molecule has 0 fully saturated rings. The molecule has 0 saturated heterocycles. The van der Waals surface area contributed by atoms with E-state index in [2.05, 4.69) is 20.5 Å². The highest BCUT2D eigenvalue weighted by Crippen LogP contribution is 2.20. The molecule has 0 atom stereocenters. The molecule has 0 unspecified atom stereocenters. The molecule has 8 heteroatoms. The van der Waals surface area contributed by atoms with Gasteiger partial charge in [0.25, 0.3) is 0 Å². The Hall–Kier alpha value is -2.51. The molecule has 0 amide bonds. The monoisotopic (exact) mass is 263 g/mol. The van der Waals surface area contributed by atoms with Crippen molar-refractivity contribution in [3.05, 3.63) is 28.2 Å². The van der Waals surface area contributed by atoms with E-state index in [1.165, 1.54) is 26.1 Å². The number of carbonyl (C=O) groups is 1. The summed E-state index contributed by atoms with van der Waals surface area (Å²) in [6.07, 6.45) is 1.47. The number of tetrazole rings is 1. The Morgan fingerprint density at radius 1 is 1.47 bits per heavy atom. The van der Waals surface area contributed by atoms with Gasteiger partial charge in [0.1, 0.15) is 0 Å². The van der Waals surface area contributed by atoms with Crippen LogP contribution in [0.15, 0.2) is 17.1 Å². The van der Waals surface area contributed by atoms with Gasteiger partial charge >= 0.3 is 5.97 Å². The van der Waals surface area contributed by atoms with Gasteiger partial charge in [0, 0.05) is 18.0 Å². The Labute approximate surface area is 108 Å². The van der Waals surface area contributed by atoms with Crippen molar-refractivity contribution in [3.8, 4) is 11.4 Å². The lowest BCUT2D eigenvalue weighted by Gasteiger charge is -2.20. The van der Waals surface area contributed by atoms with Crippen LogP contribution < -0.4 is 5.43 Å². The zero-order valence-electron chi connectivity index (χ0n) is 10.7. The molecule has 0 bridgehead atoms. The van der Waals surface area contributed by atoms with Crippen molar-refractivity contribution in [2.24, 2.45) is 0 Å². The van der Waals surface area contributed by atoms with Gasteiger partial charge in [-0.25, -0.2) is 9.48 Å². The van der Waals surface area contributed by atoms with Crippen LogP contribution in [0.4, 0.5) is 0 Å². The minimum absolute atomic E-state index is 0.119. The summed E-state index contributed by atoms with van der Waals surface area (Å²) in [5.41, 5.74) is -0.695. The molecular formula is C11H13N5O3. The number of hydrogen-bond acceptors (Lipinski definition) is 5. The first-order chi connectivity index (χ1) is 8.84. The van der Waals surface area contributed by atoms with Crippen molar-refractivity contribution in [1.29, 1.82) is 0 Å². The number of pyridine rings is 1. The molecule has 2 heterocycles. The van der Waals surface area contributed by atoms with Gasteiger partial charge < -0.3 is 10.1 Å². The average Bonchev–Trinajstić information content (AvgIpc) is 2.78. The molecule has 2 N–H and O–H groups in total. The number of carboxylic acids is 1. The molecule has 0 saturated carbocycles. The molecule has 0 aliphatic carbocycles. The smallest absolute Gasteiger partial charge is 0.331 e. The number of aliphatic carboxylic acids is 1. The maximum absolute atomic E-state index is 11.9. The predicted molar refractivity (Wildman–Crippen MR) is 65.6 cm³/mol. The van der Waals surface area contributed by atoms with E-state index < -0.39 is 11.5 Å². The van der Waals surface area contributed by atoms with E-state index >= 15 is 0 Å². The third-order valence-corrected chi connectivity index (χ3v) is 2.82. The Kier molecular flexibility index (Phi) is 2.93. The third-order valence-electron chi connectivity index (χ3n) is 2.82. The van der Waals surface area contributed by atoms with E-state index in [1.807, 2.05) is 0 Å². The van der Waals surface area contributed by atoms with Crippen LogP contribution in [0.5, 0.6) is 0 Å². The number of H-pyrrole nitrogens is 1. The number of aromatic nitrogens is 5. The van der Waals surface area contributed by atoms with Crippen LogP contribution in [0, 0.1) is 6.92 Å². The summed E-state index contributed by atoms with van der Waals surface area (Å²) in [4.78, 5) is 26.0. The summed E-state index contributed by atoms with van der Waals surface area (Å²) in [7, 11) is 0. The highest BCUT2D eigenvalue weighted by Gasteiger charge is 2.34. The third kappa shape index (κ3) is 2.12. The summed E-state index contributed by atoms with van der Waals surface area (Å²) in [5, 5.41) is 20.1. The van der Waals surface area contributed by atoms with Gasteiger partial charge in [-0.05, 0) is 31.2 Å². The van der Waals surface area contributed by atoms with E-state index in [9.17, 15) is 14.7 Å². The number of aromatic amines is 1. The van der Waals surface area contributed by atoms with E-state index in [4.69, 9.17) is 0 Å². The number of carboxylic acid groups (broad SMARTS) is 1. The van der Waals surface area contributed by atoms with E-state index in [0.717, 1.165) is 4.68 Å². The van der Waals surface area contributed by atoms with Crippen LogP contribution in [0.1, 0.15) is 19.5 Å². The predicted octanol–water partition coefficient (Wildman–Crippen LogP) is 0.157. The number of hydrogen-bond donors (Lipinski definition) is 2. The second-order valence-electron chi connectivity index (χ2n) is 4.67. The van der Waals surface area contributed by atoms with Gasteiger partial charge in [0.2, 0.25) is 0 Å². The Bertz CT molecular complexity index is 686. The number of aryl methyl sites for hydroxylation is 1. The molecule has 100 valence electrons. The van der Waals surface area contributed by atoms with Crippen LogP contribution in [0.2, 0.25) is 0 Å². The molecule has 2 aromatic rings. The summed E-state index contributed by atoms with van der Waals surface area (Å²) < 4.78 is 1.12. The SMILES string of the molecule is Cc1cc(=O)c(-c2nnnn2C(C)(C)C(=O)O)c[nH]1. The number of nitrogens with one attached hydrogen (secondary N) is 1. The van der Waals surface area contributed by atoms with Crippen LogP contribution >= 0.6 is 0 Å². The van der Waals surface area contributed by atoms with Gasteiger partial charge in [-0.1, -0.05) is 0 Å². The summed E-state index contributed by atoms with van der Waals surface area (Å²) in [6, 6.07) is 1.40. The average molecular weight is 263 g/mol. The second-order valence-corrected chi connectivity index (χ2v) is 4.67. The standard InChI is InChI=1S/C11H13N5O3/c1-6-4-8(17)7(5-12-6)9-13-14-15-16(9)11(2,3)10(18)19/h4-5H,1-3H3,(H,12,17)(H,18,19). The van der Waals surface area contributed by atoms with Crippen molar-refractivity contribution in [3.63, 3.8) is 0 Å². The van der Waals surface area contributed by atoms with Gasteiger partial charge in [-0.15, -0.1) is 5.10 Å². The van der Waals surface area contributed by atoms with Crippen LogP contribution in [-0.4, -0.2) is 36.3 Å². The topological polar surface area (TPSA) is 114 Å². The molecule has 19 heavy (non-hydrogen) atoms. The Balaban J connectivity index is 2.63. The lowest BCUT2D eigenvalue weighted by molar-refractivity contribution is -0.146. The largest absolute Gasteiger partial charge is 0.479 e. The first kappa shape index (κ1) is 12.9.